The number of hydrogen-bond acceptors (Lipinski definition) is 6. The molecule has 2 aromatic carbocycles. The first-order chi connectivity index (χ1) is 13.0. The second-order valence-electron chi connectivity index (χ2n) is 5.41. The summed E-state index contributed by atoms with van der Waals surface area (Å²) in [5.74, 6) is 7.76. The average Bonchev–Trinajstić information content (AvgIpc) is 2.69. The lowest BCUT2D eigenvalue weighted by Gasteiger charge is -2.15. The fourth-order valence-electron chi connectivity index (χ4n) is 2.51. The Morgan fingerprint density at radius 3 is 2.11 bits per heavy atom. The molecule has 0 atom stereocenters. The summed E-state index contributed by atoms with van der Waals surface area (Å²) in [6, 6.07) is 9.26. The first kappa shape index (κ1) is 20.0. The molecule has 0 heterocycles. The summed E-state index contributed by atoms with van der Waals surface area (Å²) < 4.78 is 26.4. The van der Waals surface area contributed by atoms with Crippen molar-refractivity contribution in [2.75, 3.05) is 35.0 Å². The fraction of sp³-hybridized carbons (Fsp3) is 0.286. The van der Waals surface area contributed by atoms with Gasteiger partial charge in [-0.15, -0.1) is 0 Å². The van der Waals surface area contributed by atoms with Crippen LogP contribution >= 0.6 is 0 Å². The molecule has 6 heteroatoms. The Morgan fingerprint density at radius 2 is 1.59 bits per heavy atom. The summed E-state index contributed by atoms with van der Waals surface area (Å²) in [6.45, 7) is 1.36. The van der Waals surface area contributed by atoms with Gasteiger partial charge < -0.3 is 23.7 Å². The Kier molecular flexibility index (Phi) is 6.95. The van der Waals surface area contributed by atoms with Gasteiger partial charge in [0.15, 0.2) is 18.1 Å². The number of methoxy groups -OCH3 is 4. The Hall–Kier alpha value is -3.33. The molecule has 0 saturated heterocycles. The first-order valence-electron chi connectivity index (χ1n) is 8.14. The van der Waals surface area contributed by atoms with E-state index in [0.29, 0.717) is 23.0 Å². The van der Waals surface area contributed by atoms with E-state index in [1.165, 1.54) is 6.92 Å². The topological polar surface area (TPSA) is 63.2 Å². The van der Waals surface area contributed by atoms with Crippen molar-refractivity contribution < 1.29 is 28.5 Å². The molecule has 2 aromatic rings. The molecule has 0 radical (unpaired) electrons. The minimum atomic E-state index is -0.375. The van der Waals surface area contributed by atoms with Crippen LogP contribution in [0.5, 0.6) is 23.0 Å². The molecule has 0 aliphatic rings. The van der Waals surface area contributed by atoms with Gasteiger partial charge in [-0.3, -0.25) is 4.79 Å². The third kappa shape index (κ3) is 4.85. The molecule has 0 amide bonds. The molecule has 0 bridgehead atoms. The highest BCUT2D eigenvalue weighted by molar-refractivity contribution is 5.76. The Labute approximate surface area is 159 Å². The van der Waals surface area contributed by atoms with Crippen LogP contribution in [-0.2, 0) is 9.53 Å². The van der Waals surface area contributed by atoms with Crippen molar-refractivity contribution in [2.45, 2.75) is 6.92 Å². The second kappa shape index (κ2) is 9.39. The van der Waals surface area contributed by atoms with Gasteiger partial charge in [0.05, 0.1) is 28.4 Å². The van der Waals surface area contributed by atoms with E-state index in [9.17, 15) is 4.79 Å². The number of carbonyl (C=O) groups is 1. The molecule has 27 heavy (non-hydrogen) atoms. The zero-order valence-corrected chi connectivity index (χ0v) is 16.0. The fourth-order valence-corrected chi connectivity index (χ4v) is 2.51. The van der Waals surface area contributed by atoms with E-state index < -0.39 is 0 Å². The Morgan fingerprint density at radius 1 is 0.926 bits per heavy atom. The number of hydrogen-bond donors (Lipinski definition) is 0. The molecule has 0 fully saturated rings. The van der Waals surface area contributed by atoms with Crippen molar-refractivity contribution >= 4 is 5.97 Å². The quantitative estimate of drug-likeness (QED) is 0.574. The van der Waals surface area contributed by atoms with Gasteiger partial charge in [-0.1, -0.05) is 11.8 Å². The van der Waals surface area contributed by atoms with Gasteiger partial charge in [-0.25, -0.2) is 0 Å². The molecule has 0 unspecified atom stereocenters. The van der Waals surface area contributed by atoms with Crippen molar-refractivity contribution in [3.63, 3.8) is 0 Å². The molecule has 6 nitrogen and oxygen atoms in total. The van der Waals surface area contributed by atoms with Crippen LogP contribution in [0.25, 0.3) is 11.1 Å². The maximum atomic E-state index is 10.9. The van der Waals surface area contributed by atoms with Crippen LogP contribution in [0.15, 0.2) is 30.3 Å². The smallest absolute Gasteiger partial charge is 0.303 e. The van der Waals surface area contributed by atoms with Crippen molar-refractivity contribution in [1.29, 1.82) is 0 Å². The molecule has 0 spiro atoms. The molecule has 0 aliphatic carbocycles. The average molecular weight is 370 g/mol. The van der Waals surface area contributed by atoms with E-state index in [2.05, 4.69) is 11.8 Å². The number of rotatable bonds is 6. The second-order valence-corrected chi connectivity index (χ2v) is 5.41. The summed E-state index contributed by atoms with van der Waals surface area (Å²) >= 11 is 0. The Bertz CT molecular complexity index is 851. The summed E-state index contributed by atoms with van der Waals surface area (Å²) in [6.07, 6.45) is 0. The zero-order chi connectivity index (χ0) is 19.8. The standard InChI is InChI=1S/C21H22O6/c1-14(22)27-10-6-7-15-11-17(23-2)8-9-18(15)16-12-19(24-3)21(26-5)20(13-16)25-4/h8-9,11-13H,10H2,1-5H3. The molecular weight excluding hydrogens is 348 g/mol. The monoisotopic (exact) mass is 370 g/mol. The predicted octanol–water partition coefficient (Wildman–Crippen LogP) is 3.30. The van der Waals surface area contributed by atoms with E-state index >= 15 is 0 Å². The van der Waals surface area contributed by atoms with E-state index in [4.69, 9.17) is 23.7 Å². The van der Waals surface area contributed by atoms with Crippen LogP contribution in [0.1, 0.15) is 12.5 Å². The highest BCUT2D eigenvalue weighted by Gasteiger charge is 2.15. The van der Waals surface area contributed by atoms with E-state index in [1.807, 2.05) is 30.3 Å². The molecule has 2 rings (SSSR count). The molecule has 0 aromatic heterocycles. The summed E-state index contributed by atoms with van der Waals surface area (Å²) in [5.41, 5.74) is 2.41. The van der Waals surface area contributed by atoms with E-state index in [0.717, 1.165) is 16.7 Å². The summed E-state index contributed by atoms with van der Waals surface area (Å²) in [5, 5.41) is 0. The minimum absolute atomic E-state index is 0.0151. The largest absolute Gasteiger partial charge is 0.497 e. The lowest BCUT2D eigenvalue weighted by atomic mass is 9.98. The minimum Gasteiger partial charge on any atom is -0.497 e. The summed E-state index contributed by atoms with van der Waals surface area (Å²) in [7, 11) is 6.27. The van der Waals surface area contributed by atoms with Gasteiger partial charge >= 0.3 is 5.97 Å². The maximum absolute atomic E-state index is 10.9. The van der Waals surface area contributed by atoms with Crippen LogP contribution < -0.4 is 18.9 Å². The lowest BCUT2D eigenvalue weighted by Crippen LogP contribution is -1.98. The predicted molar refractivity (Wildman–Crippen MR) is 102 cm³/mol. The van der Waals surface area contributed by atoms with Gasteiger partial charge in [0.2, 0.25) is 5.75 Å². The number of carbonyl (C=O) groups excluding carboxylic acids is 1. The number of ether oxygens (including phenoxy) is 5. The number of esters is 1. The molecule has 0 saturated carbocycles. The molecule has 142 valence electrons. The normalized spacial score (nSPS) is 9.67. The molecule has 0 N–H and O–H groups in total. The van der Waals surface area contributed by atoms with Gasteiger partial charge in [-0.2, -0.15) is 0 Å². The maximum Gasteiger partial charge on any atom is 0.303 e. The van der Waals surface area contributed by atoms with Crippen LogP contribution in [0.4, 0.5) is 0 Å². The van der Waals surface area contributed by atoms with Crippen LogP contribution in [0, 0.1) is 11.8 Å². The van der Waals surface area contributed by atoms with Crippen LogP contribution in [0.3, 0.4) is 0 Å². The Balaban J connectivity index is 2.55. The summed E-state index contributed by atoms with van der Waals surface area (Å²) in [4.78, 5) is 10.9. The third-order valence-electron chi connectivity index (χ3n) is 3.77. The van der Waals surface area contributed by atoms with Crippen molar-refractivity contribution in [1.82, 2.24) is 0 Å². The van der Waals surface area contributed by atoms with Crippen molar-refractivity contribution in [2.24, 2.45) is 0 Å². The lowest BCUT2D eigenvalue weighted by molar-refractivity contribution is -0.139. The van der Waals surface area contributed by atoms with E-state index in [1.54, 1.807) is 28.4 Å². The third-order valence-corrected chi connectivity index (χ3v) is 3.77. The molecular formula is C21H22O6. The van der Waals surface area contributed by atoms with Gasteiger partial charge in [-0.05, 0) is 41.5 Å². The van der Waals surface area contributed by atoms with Crippen molar-refractivity contribution in [3.05, 3.63) is 35.9 Å². The van der Waals surface area contributed by atoms with Crippen LogP contribution in [0.2, 0.25) is 0 Å². The van der Waals surface area contributed by atoms with Crippen molar-refractivity contribution in [3.8, 4) is 46.0 Å². The highest BCUT2D eigenvalue weighted by atomic mass is 16.5. The van der Waals surface area contributed by atoms with Gasteiger partial charge in [0.25, 0.3) is 0 Å². The van der Waals surface area contributed by atoms with Crippen LogP contribution in [-0.4, -0.2) is 41.0 Å². The zero-order valence-electron chi connectivity index (χ0n) is 16.0. The molecule has 0 aliphatic heterocycles. The highest BCUT2D eigenvalue weighted by Crippen LogP contribution is 2.42. The van der Waals surface area contributed by atoms with E-state index in [-0.39, 0.29) is 12.6 Å². The number of benzene rings is 2. The van der Waals surface area contributed by atoms with Gasteiger partial charge in [0, 0.05) is 12.5 Å². The SMILES string of the molecule is COc1ccc(-c2cc(OC)c(OC)c(OC)c2)c(C#CCOC(C)=O)c1. The van der Waals surface area contributed by atoms with Gasteiger partial charge in [0.1, 0.15) is 5.75 Å². The first-order valence-corrected chi connectivity index (χ1v) is 8.14.